The maximum atomic E-state index is 11.8. The van der Waals surface area contributed by atoms with Crippen molar-refractivity contribution in [3.05, 3.63) is 66.2 Å². The third-order valence-corrected chi connectivity index (χ3v) is 3.53. The quantitative estimate of drug-likeness (QED) is 0.640. The second kappa shape index (κ2) is 7.26. The first kappa shape index (κ1) is 15.7. The molecule has 90 valence electrons. The van der Waals surface area contributed by atoms with Gasteiger partial charge in [0.15, 0.2) is 0 Å². The van der Waals surface area contributed by atoms with Crippen LogP contribution in [-0.4, -0.2) is 46.2 Å². The van der Waals surface area contributed by atoms with E-state index in [9.17, 15) is 8.42 Å². The minimum atomic E-state index is -3.66. The molecule has 0 aliphatic carbocycles. The smallest absolute Gasteiger partial charge is 0.262 e. The van der Waals surface area contributed by atoms with Crippen molar-refractivity contribution in [3.8, 4) is 0 Å². The zero-order chi connectivity index (χ0) is 12.1. The van der Waals surface area contributed by atoms with Crippen molar-refractivity contribution in [1.82, 2.24) is 0 Å². The molecule has 0 aliphatic rings. The fourth-order valence-electron chi connectivity index (χ4n) is 1.38. The second-order valence-electron chi connectivity index (χ2n) is 3.51. The van der Waals surface area contributed by atoms with E-state index in [1.54, 1.807) is 18.2 Å². The van der Waals surface area contributed by atoms with Gasteiger partial charge in [0, 0.05) is 37.7 Å². The Labute approximate surface area is 137 Å². The van der Waals surface area contributed by atoms with Crippen LogP contribution in [0.25, 0.3) is 0 Å². The molecule has 0 fully saturated rings. The van der Waals surface area contributed by atoms with E-state index in [0.29, 0.717) is 0 Å². The molecule has 0 atom stereocenters. The molecular formula is C13H12CaO3S. The number of hydrogen-bond donors (Lipinski definition) is 0. The predicted octanol–water partition coefficient (Wildman–Crippen LogP) is 2.21. The summed E-state index contributed by atoms with van der Waals surface area (Å²) >= 11 is 0. The van der Waals surface area contributed by atoms with Crippen LogP contribution in [0, 0.1) is 0 Å². The molecule has 2 aromatic rings. The molecule has 5 heteroatoms. The molecule has 0 spiro atoms. The first-order valence-corrected chi connectivity index (χ1v) is 6.58. The molecule has 0 saturated heterocycles. The second-order valence-corrected chi connectivity index (χ2v) is 5.13. The average molecular weight is 288 g/mol. The average Bonchev–Trinajstić information content (AvgIpc) is 2.39. The van der Waals surface area contributed by atoms with Crippen LogP contribution in [0.1, 0.15) is 5.56 Å². The van der Waals surface area contributed by atoms with Crippen LogP contribution in [0.2, 0.25) is 0 Å². The first-order valence-electron chi connectivity index (χ1n) is 5.17. The Bertz CT molecular complexity index is 568. The number of hydrogen-bond acceptors (Lipinski definition) is 3. The van der Waals surface area contributed by atoms with Gasteiger partial charge in [-0.05, 0) is 17.7 Å². The molecule has 0 aliphatic heterocycles. The van der Waals surface area contributed by atoms with E-state index in [4.69, 9.17) is 4.18 Å². The van der Waals surface area contributed by atoms with Gasteiger partial charge in [0.2, 0.25) is 0 Å². The summed E-state index contributed by atoms with van der Waals surface area (Å²) in [6.45, 7) is 0.0536. The Hall–Kier alpha value is -0.390. The molecule has 0 aromatic heterocycles. The van der Waals surface area contributed by atoms with Crippen molar-refractivity contribution >= 4 is 47.9 Å². The summed E-state index contributed by atoms with van der Waals surface area (Å²) in [5.41, 5.74) is 0.826. The molecule has 18 heavy (non-hydrogen) atoms. The van der Waals surface area contributed by atoms with Crippen LogP contribution in [0.3, 0.4) is 0 Å². The van der Waals surface area contributed by atoms with Crippen molar-refractivity contribution in [2.75, 3.05) is 0 Å². The van der Waals surface area contributed by atoms with Gasteiger partial charge in [-0.1, -0.05) is 48.5 Å². The third-order valence-electron chi connectivity index (χ3n) is 2.26. The van der Waals surface area contributed by atoms with Gasteiger partial charge in [0.05, 0.1) is 11.5 Å². The minimum absolute atomic E-state index is 0. The molecule has 0 amide bonds. The van der Waals surface area contributed by atoms with Gasteiger partial charge in [-0.2, -0.15) is 8.42 Å². The maximum Gasteiger partial charge on any atom is 0.297 e. The summed E-state index contributed by atoms with van der Waals surface area (Å²) in [6, 6.07) is 17.3. The first-order chi connectivity index (χ1) is 8.18. The fraction of sp³-hybridized carbons (Fsp3) is 0.0769. The summed E-state index contributed by atoms with van der Waals surface area (Å²) in [4.78, 5) is 0.177. The van der Waals surface area contributed by atoms with Crippen molar-refractivity contribution in [3.63, 3.8) is 0 Å². The van der Waals surface area contributed by atoms with Gasteiger partial charge in [0.25, 0.3) is 10.1 Å². The van der Waals surface area contributed by atoms with Crippen LogP contribution in [0.4, 0.5) is 0 Å². The van der Waals surface area contributed by atoms with E-state index < -0.39 is 10.1 Å². The monoisotopic (exact) mass is 288 g/mol. The van der Waals surface area contributed by atoms with Crippen LogP contribution in [0.5, 0.6) is 0 Å². The topological polar surface area (TPSA) is 43.4 Å². The van der Waals surface area contributed by atoms with Crippen molar-refractivity contribution in [2.24, 2.45) is 0 Å². The van der Waals surface area contributed by atoms with E-state index in [-0.39, 0.29) is 49.2 Å². The van der Waals surface area contributed by atoms with Gasteiger partial charge in [-0.15, -0.1) is 0 Å². The molecule has 0 N–H and O–H groups in total. The molecule has 2 aromatic carbocycles. The largest absolute Gasteiger partial charge is 0.297 e. The van der Waals surface area contributed by atoms with Gasteiger partial charge < -0.3 is 0 Å². The third kappa shape index (κ3) is 4.37. The number of benzene rings is 2. The molecule has 0 heterocycles. The van der Waals surface area contributed by atoms with Crippen molar-refractivity contribution in [1.29, 1.82) is 0 Å². The molecule has 3 nitrogen and oxygen atoms in total. The SMILES string of the molecule is O=S(=O)(OCc1ccccc1)c1ccccc1.[Ca]. The normalized spacial score (nSPS) is 10.7. The maximum absolute atomic E-state index is 11.8. The standard InChI is InChI=1S/C13H12O3S.Ca/c14-17(15,13-9-5-2-6-10-13)16-11-12-7-3-1-4-8-12;/h1-10H,11H2;. The number of rotatable bonds is 4. The molecule has 2 radical (unpaired) electrons. The van der Waals surface area contributed by atoms with Crippen molar-refractivity contribution < 1.29 is 12.6 Å². The molecule has 0 unspecified atom stereocenters. The van der Waals surface area contributed by atoms with Gasteiger partial charge in [-0.3, -0.25) is 4.18 Å². The summed E-state index contributed by atoms with van der Waals surface area (Å²) in [7, 11) is -3.66. The van der Waals surface area contributed by atoms with E-state index in [2.05, 4.69) is 0 Å². The van der Waals surface area contributed by atoms with E-state index >= 15 is 0 Å². The van der Waals surface area contributed by atoms with E-state index in [1.807, 2.05) is 30.3 Å². The van der Waals surface area contributed by atoms with E-state index in [1.165, 1.54) is 12.1 Å². The Morgan fingerprint density at radius 3 is 1.89 bits per heavy atom. The van der Waals surface area contributed by atoms with Crippen LogP contribution in [0.15, 0.2) is 65.6 Å². The summed E-state index contributed by atoms with van der Waals surface area (Å²) in [5, 5.41) is 0. The zero-order valence-electron chi connectivity index (χ0n) is 9.82. The van der Waals surface area contributed by atoms with Gasteiger partial charge in [-0.25, -0.2) is 0 Å². The molecule has 2 rings (SSSR count). The van der Waals surface area contributed by atoms with Gasteiger partial charge >= 0.3 is 0 Å². The Kier molecular flexibility index (Phi) is 6.32. The Morgan fingerprint density at radius 1 is 0.833 bits per heavy atom. The molecule has 0 saturated carbocycles. The zero-order valence-corrected chi connectivity index (χ0v) is 12.8. The fourth-order valence-corrected chi connectivity index (χ4v) is 2.29. The van der Waals surface area contributed by atoms with Crippen LogP contribution >= 0.6 is 0 Å². The summed E-state index contributed by atoms with van der Waals surface area (Å²) in [5.74, 6) is 0. The molecule has 0 bridgehead atoms. The Morgan fingerprint density at radius 2 is 1.33 bits per heavy atom. The summed E-state index contributed by atoms with van der Waals surface area (Å²) in [6.07, 6.45) is 0. The van der Waals surface area contributed by atoms with Crippen LogP contribution in [-0.2, 0) is 20.9 Å². The molecular weight excluding hydrogens is 276 g/mol. The Balaban J connectivity index is 0.00000162. The van der Waals surface area contributed by atoms with Gasteiger partial charge in [0.1, 0.15) is 0 Å². The van der Waals surface area contributed by atoms with E-state index in [0.717, 1.165) is 5.56 Å². The predicted molar refractivity (Wildman–Crippen MR) is 70.6 cm³/mol. The van der Waals surface area contributed by atoms with Crippen LogP contribution < -0.4 is 0 Å². The summed E-state index contributed by atoms with van der Waals surface area (Å²) < 4.78 is 28.5. The van der Waals surface area contributed by atoms with Crippen molar-refractivity contribution in [2.45, 2.75) is 11.5 Å². The minimum Gasteiger partial charge on any atom is -0.262 e.